The topological polar surface area (TPSA) is 44.6 Å². The lowest BCUT2D eigenvalue weighted by Crippen LogP contribution is -2.52. The third-order valence-corrected chi connectivity index (χ3v) is 7.45. The summed E-state index contributed by atoms with van der Waals surface area (Å²) in [6.45, 7) is 9.43. The third kappa shape index (κ3) is 5.41. The van der Waals surface area contributed by atoms with Gasteiger partial charge in [-0.25, -0.2) is 9.37 Å². The van der Waals surface area contributed by atoms with Crippen molar-refractivity contribution in [2.24, 2.45) is 5.92 Å². The highest BCUT2D eigenvalue weighted by Gasteiger charge is 2.31. The first-order chi connectivity index (χ1) is 17.1. The molecule has 1 amide bonds. The molecule has 5 rings (SSSR count). The van der Waals surface area contributed by atoms with Crippen molar-refractivity contribution in [3.8, 4) is 5.69 Å². The second-order valence-corrected chi connectivity index (χ2v) is 9.92. The van der Waals surface area contributed by atoms with Crippen molar-refractivity contribution in [2.75, 3.05) is 45.8 Å². The molecule has 186 valence electrons. The number of likely N-dealkylation sites (tertiary alicyclic amines) is 1. The molecule has 7 heteroatoms. The number of piperidine rings is 1. The van der Waals surface area contributed by atoms with Crippen LogP contribution in [0.4, 0.5) is 4.39 Å². The molecular formula is C28H36FN5O. The maximum absolute atomic E-state index is 13.6. The van der Waals surface area contributed by atoms with Gasteiger partial charge in [0.25, 0.3) is 0 Å². The van der Waals surface area contributed by atoms with Crippen molar-refractivity contribution >= 4 is 16.9 Å². The van der Waals surface area contributed by atoms with Gasteiger partial charge in [-0.05, 0) is 68.8 Å². The van der Waals surface area contributed by atoms with Crippen molar-refractivity contribution < 1.29 is 9.18 Å². The van der Waals surface area contributed by atoms with Crippen molar-refractivity contribution in [3.05, 3.63) is 60.2 Å². The number of para-hydroxylation sites is 2. The van der Waals surface area contributed by atoms with Gasteiger partial charge in [0.1, 0.15) is 11.6 Å². The molecule has 3 heterocycles. The van der Waals surface area contributed by atoms with Gasteiger partial charge in [-0.3, -0.25) is 19.2 Å². The van der Waals surface area contributed by atoms with Crippen molar-refractivity contribution in [1.82, 2.24) is 24.3 Å². The molecule has 0 unspecified atom stereocenters. The zero-order valence-corrected chi connectivity index (χ0v) is 20.7. The molecule has 2 aromatic carbocycles. The fourth-order valence-corrected chi connectivity index (χ4v) is 5.49. The molecule has 2 fully saturated rings. The van der Waals surface area contributed by atoms with Gasteiger partial charge in [0.05, 0.1) is 23.5 Å². The number of hydrogen-bond acceptors (Lipinski definition) is 4. The van der Waals surface area contributed by atoms with Crippen LogP contribution in [0.5, 0.6) is 0 Å². The monoisotopic (exact) mass is 477 g/mol. The van der Waals surface area contributed by atoms with Crippen molar-refractivity contribution in [1.29, 1.82) is 0 Å². The van der Waals surface area contributed by atoms with Crippen LogP contribution in [0.15, 0.2) is 48.5 Å². The van der Waals surface area contributed by atoms with E-state index in [4.69, 9.17) is 4.98 Å². The molecule has 35 heavy (non-hydrogen) atoms. The number of imidazole rings is 1. The molecule has 3 aromatic rings. The molecule has 0 saturated carbocycles. The van der Waals surface area contributed by atoms with E-state index < -0.39 is 0 Å². The second-order valence-electron chi connectivity index (χ2n) is 9.92. The number of hydrogen-bond donors (Lipinski definition) is 0. The molecule has 0 N–H and O–H groups in total. The number of carbonyl (C=O) groups excluding carboxylic acids is 1. The molecule has 0 radical (unpaired) electrons. The zero-order valence-electron chi connectivity index (χ0n) is 20.7. The Hall–Kier alpha value is -2.77. The van der Waals surface area contributed by atoms with Crippen LogP contribution in [0.25, 0.3) is 16.7 Å². The molecule has 6 nitrogen and oxygen atoms in total. The number of aromatic nitrogens is 2. The molecule has 2 saturated heterocycles. The summed E-state index contributed by atoms with van der Waals surface area (Å²) in [6.07, 6.45) is 4.42. The summed E-state index contributed by atoms with van der Waals surface area (Å²) in [6, 6.07) is 14.7. The number of piperazine rings is 1. The summed E-state index contributed by atoms with van der Waals surface area (Å²) < 4.78 is 15.7. The molecule has 2 aliphatic heterocycles. The summed E-state index contributed by atoms with van der Waals surface area (Å²) in [5.41, 5.74) is 2.85. The molecule has 1 atom stereocenters. The van der Waals surface area contributed by atoms with Gasteiger partial charge >= 0.3 is 0 Å². The smallest absolute Gasteiger partial charge is 0.227 e. The first kappa shape index (κ1) is 23.9. The average Bonchev–Trinajstić information content (AvgIpc) is 3.25. The molecule has 1 aromatic heterocycles. The SMILES string of the molecule is CCCCN1CCN(C(=O)[C@H]2CCCN(Cc3nc4ccccc4n3-c3ccc(F)cc3)C2)CC1. The Labute approximate surface area is 207 Å². The lowest BCUT2D eigenvalue weighted by molar-refractivity contribution is -0.139. The molecule has 2 aliphatic rings. The highest BCUT2D eigenvalue weighted by molar-refractivity contribution is 5.79. The van der Waals surface area contributed by atoms with Crippen LogP contribution in [0.3, 0.4) is 0 Å². The van der Waals surface area contributed by atoms with Gasteiger partial charge in [-0.1, -0.05) is 25.5 Å². The predicted molar refractivity (Wildman–Crippen MR) is 137 cm³/mol. The summed E-state index contributed by atoms with van der Waals surface area (Å²) >= 11 is 0. The van der Waals surface area contributed by atoms with E-state index >= 15 is 0 Å². The van der Waals surface area contributed by atoms with Gasteiger partial charge in [0.2, 0.25) is 5.91 Å². The van der Waals surface area contributed by atoms with E-state index in [0.717, 1.165) is 81.2 Å². The Morgan fingerprint density at radius 2 is 1.77 bits per heavy atom. The number of halogens is 1. The average molecular weight is 478 g/mol. The van der Waals surface area contributed by atoms with Crippen molar-refractivity contribution in [3.63, 3.8) is 0 Å². The fourth-order valence-electron chi connectivity index (χ4n) is 5.49. The van der Waals surface area contributed by atoms with Crippen molar-refractivity contribution in [2.45, 2.75) is 39.2 Å². The van der Waals surface area contributed by atoms with E-state index in [0.29, 0.717) is 12.5 Å². The van der Waals surface area contributed by atoms with Gasteiger partial charge in [-0.2, -0.15) is 0 Å². The van der Waals surface area contributed by atoms with Gasteiger partial charge < -0.3 is 4.90 Å². The molecular weight excluding hydrogens is 441 g/mol. The largest absolute Gasteiger partial charge is 0.340 e. The van der Waals surface area contributed by atoms with Crippen LogP contribution in [-0.2, 0) is 11.3 Å². The summed E-state index contributed by atoms with van der Waals surface area (Å²) in [4.78, 5) is 25.2. The van der Waals surface area contributed by atoms with Crippen LogP contribution in [0.1, 0.15) is 38.4 Å². The highest BCUT2D eigenvalue weighted by Crippen LogP contribution is 2.26. The standard InChI is InChI=1S/C28H36FN5O/c1-2-3-14-31-16-18-33(19-17-31)28(35)22-7-6-15-32(20-22)21-27-30-25-8-4-5-9-26(25)34(27)24-12-10-23(29)11-13-24/h4-5,8-13,22H,2-3,6-7,14-21H2,1H3/t22-/m0/s1. The van der Waals surface area contributed by atoms with E-state index in [9.17, 15) is 9.18 Å². The number of nitrogens with zero attached hydrogens (tertiary/aromatic N) is 5. The van der Waals surface area contributed by atoms with E-state index in [2.05, 4.69) is 32.3 Å². The second kappa shape index (κ2) is 10.9. The number of fused-ring (bicyclic) bond motifs is 1. The lowest BCUT2D eigenvalue weighted by Gasteiger charge is -2.39. The van der Waals surface area contributed by atoms with Crippen LogP contribution < -0.4 is 0 Å². The van der Waals surface area contributed by atoms with Crippen LogP contribution in [-0.4, -0.2) is 76.0 Å². The number of unbranched alkanes of at least 4 members (excludes halogenated alkanes) is 1. The maximum Gasteiger partial charge on any atom is 0.227 e. The molecule has 0 bridgehead atoms. The van der Waals surface area contributed by atoms with Crippen LogP contribution >= 0.6 is 0 Å². The number of amides is 1. The van der Waals surface area contributed by atoms with Crippen LogP contribution in [0.2, 0.25) is 0 Å². The maximum atomic E-state index is 13.6. The first-order valence-corrected chi connectivity index (χ1v) is 13.1. The highest BCUT2D eigenvalue weighted by atomic mass is 19.1. The quantitative estimate of drug-likeness (QED) is 0.508. The van der Waals surface area contributed by atoms with Gasteiger partial charge in [0.15, 0.2) is 0 Å². The minimum atomic E-state index is -0.247. The van der Waals surface area contributed by atoms with Gasteiger partial charge in [-0.15, -0.1) is 0 Å². The zero-order chi connectivity index (χ0) is 24.2. The van der Waals surface area contributed by atoms with Gasteiger partial charge in [0, 0.05) is 38.4 Å². The number of benzene rings is 2. The minimum absolute atomic E-state index is 0.0505. The third-order valence-electron chi connectivity index (χ3n) is 7.45. The van der Waals surface area contributed by atoms with Crippen LogP contribution in [0, 0.1) is 11.7 Å². The fraction of sp³-hybridized carbons (Fsp3) is 0.500. The summed E-state index contributed by atoms with van der Waals surface area (Å²) in [7, 11) is 0. The normalized spacial score (nSPS) is 19.9. The summed E-state index contributed by atoms with van der Waals surface area (Å²) in [5.74, 6) is 1.05. The first-order valence-electron chi connectivity index (χ1n) is 13.1. The number of rotatable bonds is 7. The Balaban J connectivity index is 1.28. The molecule has 0 aliphatic carbocycles. The Morgan fingerprint density at radius 1 is 1.00 bits per heavy atom. The Kier molecular flexibility index (Phi) is 7.44. The molecule has 0 spiro atoms. The summed E-state index contributed by atoms with van der Waals surface area (Å²) in [5, 5.41) is 0. The lowest BCUT2D eigenvalue weighted by atomic mass is 9.96. The predicted octanol–water partition coefficient (Wildman–Crippen LogP) is 4.32. The minimum Gasteiger partial charge on any atom is -0.340 e. The van der Waals surface area contributed by atoms with E-state index in [1.807, 2.05) is 18.2 Å². The Morgan fingerprint density at radius 3 is 2.54 bits per heavy atom. The van der Waals surface area contributed by atoms with E-state index in [-0.39, 0.29) is 11.7 Å². The van der Waals surface area contributed by atoms with E-state index in [1.54, 1.807) is 12.1 Å². The Bertz CT molecular complexity index is 1140. The van der Waals surface area contributed by atoms with E-state index in [1.165, 1.54) is 25.0 Å². The number of carbonyl (C=O) groups is 1.